The highest BCUT2D eigenvalue weighted by Gasteiger charge is 2.09. The average molecular weight is 354 g/mol. The van der Waals surface area contributed by atoms with Gasteiger partial charge in [0.05, 0.1) is 16.9 Å². The third-order valence-electron chi connectivity index (χ3n) is 2.45. The van der Waals surface area contributed by atoms with E-state index >= 15 is 0 Å². The van der Waals surface area contributed by atoms with Gasteiger partial charge in [0.25, 0.3) is 0 Å². The van der Waals surface area contributed by atoms with E-state index in [0.29, 0.717) is 11.5 Å². The number of nitrogens with one attached hydrogen (secondary N) is 1. The van der Waals surface area contributed by atoms with Crippen molar-refractivity contribution in [1.82, 2.24) is 4.98 Å². The second-order valence-electron chi connectivity index (χ2n) is 3.74. The fourth-order valence-corrected chi connectivity index (χ4v) is 2.08. The number of para-hydroxylation sites is 1. The number of carboxylic acid groups (broad SMARTS) is 1. The molecular weight excluding hydrogens is 343 g/mol. The van der Waals surface area contributed by atoms with E-state index in [1.807, 2.05) is 24.3 Å². The van der Waals surface area contributed by atoms with Crippen LogP contribution in [0.25, 0.3) is 0 Å². The fraction of sp³-hybridized carbons (Fsp3) is 0.0769. The maximum Gasteiger partial charge on any atom is 0.337 e. The number of nitrogens with zero attached hydrogens (tertiary/aromatic N) is 1. The van der Waals surface area contributed by atoms with E-state index in [4.69, 9.17) is 5.11 Å². The molecule has 4 nitrogen and oxygen atoms in total. The zero-order chi connectivity index (χ0) is 13.1. The van der Waals surface area contributed by atoms with Crippen molar-refractivity contribution in [1.29, 1.82) is 0 Å². The molecule has 0 saturated heterocycles. The number of aromatic nitrogens is 1. The molecule has 0 unspecified atom stereocenters. The van der Waals surface area contributed by atoms with E-state index in [1.54, 1.807) is 19.1 Å². The molecule has 2 rings (SSSR count). The molecule has 0 aliphatic rings. The Hall–Kier alpha value is -1.63. The lowest BCUT2D eigenvalue weighted by Crippen LogP contribution is -2.04. The number of benzene rings is 1. The van der Waals surface area contributed by atoms with Gasteiger partial charge in [0.2, 0.25) is 0 Å². The first-order valence-electron chi connectivity index (χ1n) is 5.30. The largest absolute Gasteiger partial charge is 0.478 e. The van der Waals surface area contributed by atoms with Crippen LogP contribution >= 0.6 is 22.6 Å². The summed E-state index contributed by atoms with van der Waals surface area (Å²) in [6.07, 6.45) is 0. The Labute approximate surface area is 118 Å². The van der Waals surface area contributed by atoms with E-state index in [1.165, 1.54) is 0 Å². The summed E-state index contributed by atoms with van der Waals surface area (Å²) in [6, 6.07) is 11.1. The molecule has 0 amide bonds. The standard InChI is InChI=1S/C13H11IN2O2/c1-8-9(13(17)18)6-7-12(15-8)16-11-5-3-2-4-10(11)14/h2-7H,1H3,(H,15,16)(H,17,18). The molecule has 0 aliphatic carbocycles. The van der Waals surface area contributed by atoms with Crippen molar-refractivity contribution in [2.24, 2.45) is 0 Å². The molecular formula is C13H11IN2O2. The molecule has 1 aromatic heterocycles. The van der Waals surface area contributed by atoms with Gasteiger partial charge in [-0.1, -0.05) is 12.1 Å². The van der Waals surface area contributed by atoms with Crippen molar-refractivity contribution in [3.8, 4) is 0 Å². The summed E-state index contributed by atoms with van der Waals surface area (Å²) >= 11 is 2.23. The highest BCUT2D eigenvalue weighted by Crippen LogP contribution is 2.21. The molecule has 0 fully saturated rings. The Morgan fingerprint density at radius 2 is 2.00 bits per heavy atom. The summed E-state index contributed by atoms with van der Waals surface area (Å²) in [5.41, 5.74) is 1.68. The number of hydrogen-bond acceptors (Lipinski definition) is 3. The van der Waals surface area contributed by atoms with Crippen LogP contribution in [-0.4, -0.2) is 16.1 Å². The van der Waals surface area contributed by atoms with Crippen LogP contribution in [0.15, 0.2) is 36.4 Å². The van der Waals surface area contributed by atoms with Gasteiger partial charge in [0, 0.05) is 3.57 Å². The van der Waals surface area contributed by atoms with Gasteiger partial charge in [-0.3, -0.25) is 0 Å². The molecule has 0 bridgehead atoms. The molecule has 2 N–H and O–H groups in total. The van der Waals surface area contributed by atoms with Crippen molar-refractivity contribution in [3.63, 3.8) is 0 Å². The van der Waals surface area contributed by atoms with E-state index in [0.717, 1.165) is 9.26 Å². The van der Waals surface area contributed by atoms with Gasteiger partial charge in [-0.25, -0.2) is 9.78 Å². The lowest BCUT2D eigenvalue weighted by molar-refractivity contribution is 0.0695. The number of halogens is 1. The van der Waals surface area contributed by atoms with Crippen molar-refractivity contribution >= 4 is 40.1 Å². The molecule has 18 heavy (non-hydrogen) atoms. The minimum atomic E-state index is -0.958. The number of hydrogen-bond donors (Lipinski definition) is 2. The first kappa shape index (κ1) is 12.8. The highest BCUT2D eigenvalue weighted by molar-refractivity contribution is 14.1. The number of carboxylic acids is 1. The fourth-order valence-electron chi connectivity index (χ4n) is 1.56. The molecule has 2 aromatic rings. The number of aryl methyl sites for hydroxylation is 1. The van der Waals surface area contributed by atoms with Gasteiger partial charge in [0.15, 0.2) is 0 Å². The first-order chi connectivity index (χ1) is 8.58. The smallest absolute Gasteiger partial charge is 0.337 e. The monoisotopic (exact) mass is 354 g/mol. The Morgan fingerprint density at radius 3 is 2.61 bits per heavy atom. The van der Waals surface area contributed by atoms with Gasteiger partial charge in [-0.2, -0.15) is 0 Å². The summed E-state index contributed by atoms with van der Waals surface area (Å²) < 4.78 is 1.08. The number of carbonyl (C=O) groups is 1. The van der Waals surface area contributed by atoms with Crippen LogP contribution in [0.3, 0.4) is 0 Å². The second kappa shape index (κ2) is 5.34. The number of pyridine rings is 1. The number of anilines is 2. The van der Waals surface area contributed by atoms with E-state index < -0.39 is 5.97 Å². The summed E-state index contributed by atoms with van der Waals surface area (Å²) in [5, 5.41) is 12.1. The summed E-state index contributed by atoms with van der Waals surface area (Å²) in [5.74, 6) is -0.317. The Morgan fingerprint density at radius 1 is 1.28 bits per heavy atom. The van der Waals surface area contributed by atoms with Crippen LogP contribution in [0.1, 0.15) is 16.1 Å². The van der Waals surface area contributed by atoms with Crippen molar-refractivity contribution in [2.45, 2.75) is 6.92 Å². The maximum atomic E-state index is 10.9. The Kier molecular flexibility index (Phi) is 3.81. The second-order valence-corrected chi connectivity index (χ2v) is 4.90. The molecule has 0 aliphatic heterocycles. The van der Waals surface area contributed by atoms with E-state index in [2.05, 4.69) is 32.9 Å². The number of aromatic carboxylic acids is 1. The van der Waals surface area contributed by atoms with E-state index in [9.17, 15) is 4.79 Å². The first-order valence-corrected chi connectivity index (χ1v) is 6.38. The van der Waals surface area contributed by atoms with Crippen molar-refractivity contribution in [2.75, 3.05) is 5.32 Å². The average Bonchev–Trinajstić information content (AvgIpc) is 2.32. The molecule has 0 atom stereocenters. The quantitative estimate of drug-likeness (QED) is 0.829. The van der Waals surface area contributed by atoms with Gasteiger partial charge in [-0.05, 0) is 53.8 Å². The molecule has 0 spiro atoms. The number of rotatable bonds is 3. The topological polar surface area (TPSA) is 62.2 Å². The predicted molar refractivity (Wildman–Crippen MR) is 78.4 cm³/mol. The SMILES string of the molecule is Cc1nc(Nc2ccccc2I)ccc1C(=O)O. The molecule has 0 saturated carbocycles. The maximum absolute atomic E-state index is 10.9. The lowest BCUT2D eigenvalue weighted by atomic mass is 10.2. The van der Waals surface area contributed by atoms with Crippen LogP contribution in [0.5, 0.6) is 0 Å². The molecule has 92 valence electrons. The minimum Gasteiger partial charge on any atom is -0.478 e. The Balaban J connectivity index is 2.29. The minimum absolute atomic E-state index is 0.225. The molecule has 0 radical (unpaired) electrons. The zero-order valence-electron chi connectivity index (χ0n) is 9.64. The molecule has 1 aromatic carbocycles. The molecule has 5 heteroatoms. The van der Waals surface area contributed by atoms with Gasteiger partial charge in [-0.15, -0.1) is 0 Å². The lowest BCUT2D eigenvalue weighted by Gasteiger charge is -2.09. The summed E-state index contributed by atoms with van der Waals surface area (Å²) in [6.45, 7) is 1.69. The highest BCUT2D eigenvalue weighted by atomic mass is 127. The predicted octanol–water partition coefficient (Wildman–Crippen LogP) is 3.44. The van der Waals surface area contributed by atoms with Crippen LogP contribution < -0.4 is 5.32 Å². The van der Waals surface area contributed by atoms with Crippen LogP contribution in [0.2, 0.25) is 0 Å². The third-order valence-corrected chi connectivity index (χ3v) is 3.39. The van der Waals surface area contributed by atoms with Gasteiger partial charge < -0.3 is 10.4 Å². The van der Waals surface area contributed by atoms with Gasteiger partial charge >= 0.3 is 5.97 Å². The van der Waals surface area contributed by atoms with E-state index in [-0.39, 0.29) is 5.56 Å². The zero-order valence-corrected chi connectivity index (χ0v) is 11.8. The van der Waals surface area contributed by atoms with Crippen molar-refractivity contribution in [3.05, 3.63) is 51.2 Å². The van der Waals surface area contributed by atoms with Crippen LogP contribution in [0, 0.1) is 10.5 Å². The summed E-state index contributed by atoms with van der Waals surface area (Å²) in [4.78, 5) is 15.1. The van der Waals surface area contributed by atoms with Crippen molar-refractivity contribution < 1.29 is 9.90 Å². The van der Waals surface area contributed by atoms with Crippen LogP contribution in [0.4, 0.5) is 11.5 Å². The Bertz CT molecular complexity index is 599. The summed E-state index contributed by atoms with van der Waals surface area (Å²) in [7, 11) is 0. The molecule has 1 heterocycles. The third kappa shape index (κ3) is 2.79. The van der Waals surface area contributed by atoms with Gasteiger partial charge in [0.1, 0.15) is 5.82 Å². The normalized spacial score (nSPS) is 10.1. The van der Waals surface area contributed by atoms with Crippen LogP contribution in [-0.2, 0) is 0 Å².